The quantitative estimate of drug-likeness (QED) is 0.0541. The standard InChI is InChI=1S/C38H62O4/c1-3-5-7-9-11-13-15-17-19-20-22-24-26-28-32-36(33-30-31-34-37(39)40)42-38(41)35-29-27-25-23-21-18-16-14-12-10-8-6-4-2/h5,7,11,13-14,16-17,19,22,24,28,32,36H,3-4,6,8-10,12,15,18,20-21,23,25-27,29-31,33-35H2,1-2H3,(H,39,40)/b7-5-,13-11-,16-14-,19-17-,24-22-,32-28-. The molecule has 0 saturated carbocycles. The fourth-order valence-electron chi connectivity index (χ4n) is 4.42. The molecule has 0 aliphatic carbocycles. The Hall–Kier alpha value is -2.62. The molecule has 0 aromatic carbocycles. The van der Waals surface area contributed by atoms with Crippen LogP contribution in [0.2, 0.25) is 0 Å². The van der Waals surface area contributed by atoms with Crippen molar-refractivity contribution in [2.24, 2.45) is 0 Å². The van der Waals surface area contributed by atoms with Gasteiger partial charge in [-0.25, -0.2) is 0 Å². The Bertz CT molecular complexity index is 800. The molecule has 42 heavy (non-hydrogen) atoms. The minimum Gasteiger partial charge on any atom is -0.481 e. The number of unbranched alkanes of at least 4 members (excludes halogenated alkanes) is 10. The first-order valence-corrected chi connectivity index (χ1v) is 16.9. The molecule has 0 fully saturated rings. The fraction of sp³-hybridized carbons (Fsp3) is 0.632. The molecule has 0 rings (SSSR count). The third kappa shape index (κ3) is 31.9. The van der Waals surface area contributed by atoms with Crippen LogP contribution < -0.4 is 0 Å². The van der Waals surface area contributed by atoms with E-state index in [1.54, 1.807) is 0 Å². The highest BCUT2D eigenvalue weighted by atomic mass is 16.5. The van der Waals surface area contributed by atoms with Crippen molar-refractivity contribution in [1.82, 2.24) is 0 Å². The molecular weight excluding hydrogens is 520 g/mol. The Balaban J connectivity index is 4.20. The number of carbonyl (C=O) groups is 2. The summed E-state index contributed by atoms with van der Waals surface area (Å²) in [6, 6.07) is 0. The van der Waals surface area contributed by atoms with Crippen molar-refractivity contribution < 1.29 is 19.4 Å². The average molecular weight is 583 g/mol. The molecule has 0 heterocycles. The van der Waals surface area contributed by atoms with Gasteiger partial charge in [0.2, 0.25) is 0 Å². The molecular formula is C38H62O4. The summed E-state index contributed by atoms with van der Waals surface area (Å²) in [5.74, 6) is -0.929. The number of carboxylic acid groups (broad SMARTS) is 1. The summed E-state index contributed by atoms with van der Waals surface area (Å²) in [6.45, 7) is 4.39. The van der Waals surface area contributed by atoms with Crippen molar-refractivity contribution in [3.05, 3.63) is 72.9 Å². The Morgan fingerprint density at radius 1 is 0.571 bits per heavy atom. The SMILES string of the molecule is CC/C=C\C/C=C\C/C=C\C/C=C\C/C=C\C(CCCCC(=O)O)OC(=O)CCCCCCC/C=C\CCCCCC. The van der Waals surface area contributed by atoms with Crippen molar-refractivity contribution in [3.8, 4) is 0 Å². The maximum Gasteiger partial charge on any atom is 0.306 e. The third-order valence-electron chi connectivity index (χ3n) is 6.90. The van der Waals surface area contributed by atoms with Gasteiger partial charge in [-0.15, -0.1) is 0 Å². The van der Waals surface area contributed by atoms with Crippen LogP contribution in [0.3, 0.4) is 0 Å². The van der Waals surface area contributed by atoms with Crippen molar-refractivity contribution in [3.63, 3.8) is 0 Å². The highest BCUT2D eigenvalue weighted by molar-refractivity contribution is 5.69. The maximum atomic E-state index is 12.5. The Morgan fingerprint density at radius 3 is 1.64 bits per heavy atom. The first-order valence-electron chi connectivity index (χ1n) is 16.9. The summed E-state index contributed by atoms with van der Waals surface area (Å²) in [6.07, 6.45) is 46.3. The van der Waals surface area contributed by atoms with Crippen LogP contribution in [0.15, 0.2) is 72.9 Å². The average Bonchev–Trinajstić information content (AvgIpc) is 2.97. The van der Waals surface area contributed by atoms with Gasteiger partial charge in [0.15, 0.2) is 0 Å². The summed E-state index contributed by atoms with van der Waals surface area (Å²) in [4.78, 5) is 23.3. The van der Waals surface area contributed by atoms with E-state index in [0.717, 1.165) is 64.2 Å². The molecule has 1 unspecified atom stereocenters. The predicted octanol–water partition coefficient (Wildman–Crippen LogP) is 11.6. The van der Waals surface area contributed by atoms with Gasteiger partial charge in [-0.2, -0.15) is 0 Å². The number of aliphatic carboxylic acids is 1. The van der Waals surface area contributed by atoms with Gasteiger partial charge in [0.25, 0.3) is 0 Å². The van der Waals surface area contributed by atoms with Crippen LogP contribution in [0.1, 0.15) is 149 Å². The van der Waals surface area contributed by atoms with Gasteiger partial charge in [0.1, 0.15) is 6.10 Å². The molecule has 238 valence electrons. The smallest absolute Gasteiger partial charge is 0.306 e. The summed E-state index contributed by atoms with van der Waals surface area (Å²) >= 11 is 0. The lowest BCUT2D eigenvalue weighted by Crippen LogP contribution is -2.16. The van der Waals surface area contributed by atoms with Gasteiger partial charge in [-0.3, -0.25) is 9.59 Å². The van der Waals surface area contributed by atoms with Gasteiger partial charge in [0.05, 0.1) is 0 Å². The van der Waals surface area contributed by atoms with Crippen LogP contribution in [0, 0.1) is 0 Å². The van der Waals surface area contributed by atoms with E-state index in [1.165, 1.54) is 44.9 Å². The predicted molar refractivity (Wildman–Crippen MR) is 181 cm³/mol. The highest BCUT2D eigenvalue weighted by Gasteiger charge is 2.11. The summed E-state index contributed by atoms with van der Waals surface area (Å²) in [7, 11) is 0. The maximum absolute atomic E-state index is 12.5. The second-order valence-corrected chi connectivity index (χ2v) is 11.0. The van der Waals surface area contributed by atoms with E-state index < -0.39 is 5.97 Å². The Labute approximate surface area is 258 Å². The molecule has 0 aromatic rings. The van der Waals surface area contributed by atoms with E-state index in [0.29, 0.717) is 19.3 Å². The Kier molecular flexibility index (Phi) is 30.8. The molecule has 0 saturated heterocycles. The zero-order chi connectivity index (χ0) is 30.8. The van der Waals surface area contributed by atoms with Crippen molar-refractivity contribution >= 4 is 11.9 Å². The molecule has 1 atom stereocenters. The molecule has 0 aliphatic heterocycles. The summed E-state index contributed by atoms with van der Waals surface area (Å²) < 4.78 is 5.75. The van der Waals surface area contributed by atoms with Gasteiger partial charge in [-0.05, 0) is 89.5 Å². The van der Waals surface area contributed by atoms with Gasteiger partial charge in [-0.1, -0.05) is 119 Å². The van der Waals surface area contributed by atoms with Crippen molar-refractivity contribution in [1.29, 1.82) is 0 Å². The first-order chi connectivity index (χ1) is 20.6. The number of allylic oxidation sites excluding steroid dienone is 11. The monoisotopic (exact) mass is 582 g/mol. The van der Waals surface area contributed by atoms with Crippen LogP contribution >= 0.6 is 0 Å². The van der Waals surface area contributed by atoms with Crippen LogP contribution in [0.4, 0.5) is 0 Å². The largest absolute Gasteiger partial charge is 0.481 e. The number of ether oxygens (including phenoxy) is 1. The van der Waals surface area contributed by atoms with Crippen LogP contribution in [0.25, 0.3) is 0 Å². The van der Waals surface area contributed by atoms with Crippen LogP contribution in [-0.2, 0) is 14.3 Å². The number of hydrogen-bond donors (Lipinski definition) is 1. The van der Waals surface area contributed by atoms with Crippen molar-refractivity contribution in [2.45, 2.75) is 155 Å². The summed E-state index contributed by atoms with van der Waals surface area (Å²) in [5.41, 5.74) is 0. The van der Waals surface area contributed by atoms with Crippen LogP contribution in [0.5, 0.6) is 0 Å². The molecule has 4 nitrogen and oxygen atoms in total. The van der Waals surface area contributed by atoms with E-state index in [4.69, 9.17) is 9.84 Å². The molecule has 0 aromatic heterocycles. The Morgan fingerprint density at radius 2 is 1.07 bits per heavy atom. The lowest BCUT2D eigenvalue weighted by Gasteiger charge is -2.14. The zero-order valence-corrected chi connectivity index (χ0v) is 27.0. The number of carbonyl (C=O) groups excluding carboxylic acids is 1. The van der Waals surface area contributed by atoms with E-state index in [2.05, 4.69) is 74.6 Å². The second kappa shape index (κ2) is 32.9. The van der Waals surface area contributed by atoms with E-state index in [-0.39, 0.29) is 18.5 Å². The molecule has 4 heteroatoms. The second-order valence-electron chi connectivity index (χ2n) is 11.0. The molecule has 0 aliphatic rings. The number of rotatable bonds is 29. The van der Waals surface area contributed by atoms with E-state index >= 15 is 0 Å². The van der Waals surface area contributed by atoms with Crippen molar-refractivity contribution in [2.75, 3.05) is 0 Å². The normalized spacial score (nSPS) is 13.2. The fourth-order valence-corrected chi connectivity index (χ4v) is 4.42. The van der Waals surface area contributed by atoms with E-state index in [1.807, 2.05) is 12.2 Å². The van der Waals surface area contributed by atoms with Gasteiger partial charge < -0.3 is 9.84 Å². The van der Waals surface area contributed by atoms with Gasteiger partial charge >= 0.3 is 11.9 Å². The minimum absolute atomic E-state index is 0.148. The summed E-state index contributed by atoms with van der Waals surface area (Å²) in [5, 5.41) is 8.90. The van der Waals surface area contributed by atoms with Gasteiger partial charge in [0, 0.05) is 12.8 Å². The topological polar surface area (TPSA) is 63.6 Å². The molecule has 0 spiro atoms. The van der Waals surface area contributed by atoms with Crippen LogP contribution in [-0.4, -0.2) is 23.1 Å². The lowest BCUT2D eigenvalue weighted by molar-refractivity contribution is -0.147. The molecule has 0 bridgehead atoms. The number of hydrogen-bond acceptors (Lipinski definition) is 3. The first kappa shape index (κ1) is 39.4. The molecule has 1 N–H and O–H groups in total. The highest BCUT2D eigenvalue weighted by Crippen LogP contribution is 2.13. The minimum atomic E-state index is -0.781. The zero-order valence-electron chi connectivity index (χ0n) is 27.0. The lowest BCUT2D eigenvalue weighted by atomic mass is 10.1. The third-order valence-corrected chi connectivity index (χ3v) is 6.90. The number of carboxylic acids is 1. The number of esters is 1. The molecule has 0 amide bonds. The molecule has 0 radical (unpaired) electrons. The van der Waals surface area contributed by atoms with E-state index in [9.17, 15) is 9.59 Å².